The summed E-state index contributed by atoms with van der Waals surface area (Å²) >= 11 is 0. The Bertz CT molecular complexity index is 883. The normalized spacial score (nSPS) is 14.7. The monoisotopic (exact) mass is 396 g/mol. The summed E-state index contributed by atoms with van der Waals surface area (Å²) in [7, 11) is 2.99. The molecule has 0 saturated carbocycles. The minimum atomic E-state index is -0.384. The van der Waals surface area contributed by atoms with Crippen LogP contribution in [0.25, 0.3) is 6.08 Å². The van der Waals surface area contributed by atoms with Crippen molar-refractivity contribution in [1.29, 1.82) is 0 Å². The Morgan fingerprint density at radius 2 is 1.72 bits per heavy atom. The number of carbonyl (C=O) groups is 2. The molecule has 1 saturated heterocycles. The molecule has 0 aromatic heterocycles. The first-order valence-electron chi connectivity index (χ1n) is 9.59. The van der Waals surface area contributed by atoms with Gasteiger partial charge in [0.1, 0.15) is 25.4 Å². The number of quaternary nitrogens is 1. The lowest BCUT2D eigenvalue weighted by Gasteiger charge is -2.24. The third-order valence-corrected chi connectivity index (χ3v) is 4.96. The molecule has 0 aliphatic carbocycles. The lowest BCUT2D eigenvalue weighted by Crippen LogP contribution is -3.12. The van der Waals surface area contributed by atoms with Crippen LogP contribution in [0.3, 0.4) is 0 Å². The molecule has 0 spiro atoms. The van der Waals surface area contributed by atoms with Crippen LogP contribution in [0.5, 0.6) is 5.75 Å². The van der Waals surface area contributed by atoms with Crippen molar-refractivity contribution in [2.24, 2.45) is 0 Å². The molecule has 1 aliphatic rings. The van der Waals surface area contributed by atoms with Gasteiger partial charge >= 0.3 is 5.97 Å². The van der Waals surface area contributed by atoms with Crippen molar-refractivity contribution in [3.63, 3.8) is 0 Å². The Morgan fingerprint density at radius 1 is 1.03 bits per heavy atom. The largest absolute Gasteiger partial charge is 0.496 e. The first-order chi connectivity index (χ1) is 14.1. The maximum atomic E-state index is 12.7. The van der Waals surface area contributed by atoms with Crippen molar-refractivity contribution in [3.05, 3.63) is 70.8 Å². The summed E-state index contributed by atoms with van der Waals surface area (Å²) in [5, 5.41) is 0. The zero-order chi connectivity index (χ0) is 20.6. The van der Waals surface area contributed by atoms with Gasteiger partial charge in [0, 0.05) is 11.1 Å². The number of hydrogen-bond donors (Lipinski definition) is 1. The molecule has 0 radical (unpaired) electrons. The van der Waals surface area contributed by atoms with Gasteiger partial charge in [-0.15, -0.1) is 0 Å². The second-order valence-electron chi connectivity index (χ2n) is 6.88. The maximum Gasteiger partial charge on any atom is 0.337 e. The minimum Gasteiger partial charge on any atom is -0.496 e. The molecule has 6 heteroatoms. The lowest BCUT2D eigenvalue weighted by atomic mass is 10.0. The molecule has 1 heterocycles. The van der Waals surface area contributed by atoms with Crippen LogP contribution in [-0.4, -0.2) is 52.3 Å². The van der Waals surface area contributed by atoms with Gasteiger partial charge in [-0.2, -0.15) is 0 Å². The number of morpholine rings is 1. The average Bonchev–Trinajstić information content (AvgIpc) is 2.78. The molecule has 3 rings (SSSR count). The van der Waals surface area contributed by atoms with Gasteiger partial charge in [-0.3, -0.25) is 4.79 Å². The number of hydrogen-bond acceptors (Lipinski definition) is 5. The van der Waals surface area contributed by atoms with E-state index in [0.29, 0.717) is 11.1 Å². The molecule has 0 unspecified atom stereocenters. The molecular weight excluding hydrogens is 370 g/mol. The number of carbonyl (C=O) groups excluding carboxylic acids is 2. The average molecular weight is 396 g/mol. The Balaban J connectivity index is 1.71. The van der Waals surface area contributed by atoms with Crippen LogP contribution >= 0.6 is 0 Å². The van der Waals surface area contributed by atoms with E-state index in [4.69, 9.17) is 9.47 Å². The van der Waals surface area contributed by atoms with Crippen LogP contribution in [0, 0.1) is 0 Å². The second kappa shape index (κ2) is 10.0. The quantitative estimate of drug-likeness (QED) is 0.439. The standard InChI is InChI=1S/C23H25NO5/c1-27-22-10-8-19(15-20(22)16-24-11-13-29-14-12-24)21(25)9-5-17-3-6-18(7-4-17)23(26)28-2/h3-10,15H,11-14,16H2,1-2H3/p+1/b9-5+. The number of methoxy groups -OCH3 is 2. The first-order valence-corrected chi connectivity index (χ1v) is 9.59. The van der Waals surface area contributed by atoms with Gasteiger partial charge in [-0.1, -0.05) is 18.2 Å². The fourth-order valence-corrected chi connectivity index (χ4v) is 3.29. The molecule has 29 heavy (non-hydrogen) atoms. The van der Waals surface area contributed by atoms with Crippen molar-refractivity contribution in [1.82, 2.24) is 0 Å². The summed E-state index contributed by atoms with van der Waals surface area (Å²) in [6.07, 6.45) is 3.28. The Labute approximate surface area is 170 Å². The molecule has 1 aliphatic heterocycles. The number of esters is 1. The molecule has 0 bridgehead atoms. The topological polar surface area (TPSA) is 66.3 Å². The molecule has 2 aromatic rings. The zero-order valence-electron chi connectivity index (χ0n) is 16.8. The highest BCUT2D eigenvalue weighted by molar-refractivity contribution is 6.07. The van der Waals surface area contributed by atoms with Crippen molar-refractivity contribution in [3.8, 4) is 5.75 Å². The molecule has 152 valence electrons. The van der Waals surface area contributed by atoms with Crippen molar-refractivity contribution in [2.75, 3.05) is 40.5 Å². The van der Waals surface area contributed by atoms with Gasteiger partial charge in [-0.25, -0.2) is 4.79 Å². The highest BCUT2D eigenvalue weighted by Gasteiger charge is 2.18. The molecule has 1 fully saturated rings. The SMILES string of the molecule is COC(=O)c1ccc(/C=C/C(=O)c2ccc(OC)c(C[NH+]3CCOCC3)c2)cc1. The zero-order valence-corrected chi connectivity index (χ0v) is 16.8. The van der Waals surface area contributed by atoms with E-state index in [1.165, 1.54) is 12.0 Å². The summed E-state index contributed by atoms with van der Waals surface area (Å²) < 4.78 is 15.6. The predicted molar refractivity (Wildman–Crippen MR) is 109 cm³/mol. The van der Waals surface area contributed by atoms with E-state index in [1.807, 2.05) is 12.1 Å². The van der Waals surface area contributed by atoms with Crippen LogP contribution in [0.1, 0.15) is 31.8 Å². The molecule has 6 nitrogen and oxygen atoms in total. The summed E-state index contributed by atoms with van der Waals surface area (Å²) in [6, 6.07) is 12.4. The van der Waals surface area contributed by atoms with Crippen molar-refractivity contribution < 1.29 is 28.7 Å². The number of allylic oxidation sites excluding steroid dienone is 1. The van der Waals surface area contributed by atoms with Crippen molar-refractivity contribution in [2.45, 2.75) is 6.54 Å². The van der Waals surface area contributed by atoms with Crippen LogP contribution in [0.2, 0.25) is 0 Å². The Hall–Kier alpha value is -2.96. The highest BCUT2D eigenvalue weighted by atomic mass is 16.5. The third kappa shape index (κ3) is 5.53. The summed E-state index contributed by atoms with van der Waals surface area (Å²) in [6.45, 7) is 4.21. The van der Waals surface area contributed by atoms with E-state index in [0.717, 1.165) is 49.7 Å². The van der Waals surface area contributed by atoms with Gasteiger partial charge in [0.15, 0.2) is 5.78 Å². The third-order valence-electron chi connectivity index (χ3n) is 4.96. The van der Waals surface area contributed by atoms with Crippen LogP contribution in [0.15, 0.2) is 48.5 Å². The van der Waals surface area contributed by atoms with Crippen LogP contribution < -0.4 is 9.64 Å². The fourth-order valence-electron chi connectivity index (χ4n) is 3.29. The summed E-state index contributed by atoms with van der Waals surface area (Å²) in [5.74, 6) is 0.329. The van der Waals surface area contributed by atoms with Gasteiger partial charge < -0.3 is 19.1 Å². The Morgan fingerprint density at radius 3 is 2.38 bits per heavy atom. The number of ether oxygens (including phenoxy) is 3. The number of nitrogens with one attached hydrogen (secondary N) is 1. The first kappa shape index (κ1) is 20.8. The Kier molecular flexibility index (Phi) is 7.16. The lowest BCUT2D eigenvalue weighted by molar-refractivity contribution is -0.921. The number of rotatable bonds is 7. The second-order valence-corrected chi connectivity index (χ2v) is 6.88. The van der Waals surface area contributed by atoms with Gasteiger partial charge in [0.05, 0.1) is 33.0 Å². The van der Waals surface area contributed by atoms with Gasteiger partial charge in [0.25, 0.3) is 0 Å². The minimum absolute atomic E-state index is 0.0806. The van der Waals surface area contributed by atoms with E-state index in [-0.39, 0.29) is 11.8 Å². The summed E-state index contributed by atoms with van der Waals surface area (Å²) in [4.78, 5) is 25.6. The van der Waals surface area contributed by atoms with Crippen LogP contribution in [0.4, 0.5) is 0 Å². The van der Waals surface area contributed by atoms with Gasteiger partial charge in [-0.05, 0) is 42.0 Å². The van der Waals surface area contributed by atoms with E-state index in [1.54, 1.807) is 49.6 Å². The molecule has 1 N–H and O–H groups in total. The van der Waals surface area contributed by atoms with E-state index in [9.17, 15) is 9.59 Å². The molecule has 0 atom stereocenters. The fraction of sp³-hybridized carbons (Fsp3) is 0.304. The number of ketones is 1. The van der Waals surface area contributed by atoms with E-state index < -0.39 is 0 Å². The number of benzene rings is 2. The van der Waals surface area contributed by atoms with E-state index >= 15 is 0 Å². The van der Waals surface area contributed by atoms with E-state index in [2.05, 4.69) is 4.74 Å². The summed E-state index contributed by atoms with van der Waals surface area (Å²) in [5.41, 5.74) is 2.95. The highest BCUT2D eigenvalue weighted by Crippen LogP contribution is 2.20. The maximum absolute atomic E-state index is 12.7. The van der Waals surface area contributed by atoms with Crippen molar-refractivity contribution >= 4 is 17.8 Å². The predicted octanol–water partition coefficient (Wildman–Crippen LogP) is 1.79. The van der Waals surface area contributed by atoms with Crippen LogP contribution in [-0.2, 0) is 16.0 Å². The molecule has 0 amide bonds. The molecular formula is C23H26NO5+. The molecule has 2 aromatic carbocycles. The smallest absolute Gasteiger partial charge is 0.337 e. The van der Waals surface area contributed by atoms with Gasteiger partial charge in [0.2, 0.25) is 0 Å².